The summed E-state index contributed by atoms with van der Waals surface area (Å²) >= 11 is 0. The van der Waals surface area contributed by atoms with Gasteiger partial charge in [-0.25, -0.2) is 0 Å². The lowest BCUT2D eigenvalue weighted by Crippen LogP contribution is -2.01. The molecule has 0 heterocycles. The van der Waals surface area contributed by atoms with Crippen LogP contribution in [0.2, 0.25) is 0 Å². The number of oxime groups is 2. The van der Waals surface area contributed by atoms with E-state index >= 15 is 0 Å². The van der Waals surface area contributed by atoms with Crippen LogP contribution < -0.4 is 0 Å². The van der Waals surface area contributed by atoms with E-state index in [0.29, 0.717) is 0 Å². The summed E-state index contributed by atoms with van der Waals surface area (Å²) in [6, 6.07) is 1.96. The standard InChI is InChI=1S/C11H14N2O2/c1-7-4-8(2)11(6-13-15)9(3)10(7)5-12-14/h4-6,14-15H,1-3H3. The SMILES string of the molecule is Cc1cc(C)c(C=NO)c(C)c1C=NO. The van der Waals surface area contributed by atoms with E-state index in [1.54, 1.807) is 0 Å². The van der Waals surface area contributed by atoms with E-state index < -0.39 is 0 Å². The predicted octanol–water partition coefficient (Wildman–Crippen LogP) is 2.23. The first-order valence-electron chi connectivity index (χ1n) is 4.57. The zero-order valence-corrected chi connectivity index (χ0v) is 9.02. The molecule has 0 saturated heterocycles. The van der Waals surface area contributed by atoms with Crippen LogP contribution in [0.1, 0.15) is 27.8 Å². The van der Waals surface area contributed by atoms with E-state index in [1.165, 1.54) is 12.4 Å². The summed E-state index contributed by atoms with van der Waals surface area (Å²) in [5.74, 6) is 0. The molecule has 0 aromatic heterocycles. The van der Waals surface area contributed by atoms with Crippen LogP contribution in [0, 0.1) is 20.8 Å². The summed E-state index contributed by atoms with van der Waals surface area (Å²) < 4.78 is 0. The van der Waals surface area contributed by atoms with Gasteiger partial charge in [0, 0.05) is 11.1 Å². The Kier molecular flexibility index (Phi) is 3.44. The molecule has 0 aliphatic carbocycles. The summed E-state index contributed by atoms with van der Waals surface area (Å²) in [5.41, 5.74) is 4.68. The van der Waals surface area contributed by atoms with Gasteiger partial charge in [-0.15, -0.1) is 0 Å². The second kappa shape index (κ2) is 4.59. The van der Waals surface area contributed by atoms with Crippen molar-refractivity contribution < 1.29 is 10.4 Å². The third-order valence-corrected chi connectivity index (χ3v) is 2.46. The molecule has 0 unspecified atom stereocenters. The molecule has 0 radical (unpaired) electrons. The van der Waals surface area contributed by atoms with Crippen molar-refractivity contribution in [1.29, 1.82) is 0 Å². The van der Waals surface area contributed by atoms with Crippen molar-refractivity contribution in [2.75, 3.05) is 0 Å². The van der Waals surface area contributed by atoms with Gasteiger partial charge in [0.15, 0.2) is 0 Å². The maximum atomic E-state index is 8.55. The summed E-state index contributed by atoms with van der Waals surface area (Å²) in [5, 5.41) is 23.1. The Morgan fingerprint density at radius 3 is 1.67 bits per heavy atom. The van der Waals surface area contributed by atoms with Crippen LogP contribution in [0.15, 0.2) is 16.4 Å². The quantitative estimate of drug-likeness (QED) is 0.442. The number of nitrogens with zero attached hydrogens (tertiary/aromatic N) is 2. The van der Waals surface area contributed by atoms with Gasteiger partial charge in [0.2, 0.25) is 0 Å². The molecule has 15 heavy (non-hydrogen) atoms. The number of hydrogen-bond acceptors (Lipinski definition) is 4. The fourth-order valence-electron chi connectivity index (χ4n) is 1.73. The van der Waals surface area contributed by atoms with Crippen molar-refractivity contribution in [2.24, 2.45) is 10.3 Å². The Balaban J connectivity index is 3.48. The number of hydrogen-bond donors (Lipinski definition) is 2. The minimum Gasteiger partial charge on any atom is -0.411 e. The van der Waals surface area contributed by atoms with Crippen LogP contribution in [0.4, 0.5) is 0 Å². The molecule has 0 aliphatic rings. The molecule has 0 atom stereocenters. The minimum absolute atomic E-state index is 0.845. The van der Waals surface area contributed by atoms with E-state index in [0.717, 1.165) is 27.8 Å². The molecular weight excluding hydrogens is 192 g/mol. The van der Waals surface area contributed by atoms with Crippen molar-refractivity contribution in [3.05, 3.63) is 33.9 Å². The molecule has 0 saturated carbocycles. The molecule has 0 aliphatic heterocycles. The molecule has 80 valence electrons. The lowest BCUT2D eigenvalue weighted by molar-refractivity contribution is 0.321. The Hall–Kier alpha value is -1.84. The van der Waals surface area contributed by atoms with Crippen molar-refractivity contribution in [2.45, 2.75) is 20.8 Å². The van der Waals surface area contributed by atoms with Crippen LogP contribution in [0.3, 0.4) is 0 Å². The molecule has 1 aromatic carbocycles. The highest BCUT2D eigenvalue weighted by Gasteiger charge is 2.08. The topological polar surface area (TPSA) is 65.2 Å². The van der Waals surface area contributed by atoms with Crippen molar-refractivity contribution in [3.8, 4) is 0 Å². The molecule has 0 fully saturated rings. The average Bonchev–Trinajstić information content (AvgIpc) is 2.19. The molecule has 0 bridgehead atoms. The van der Waals surface area contributed by atoms with Crippen LogP contribution in [-0.2, 0) is 0 Å². The zero-order valence-electron chi connectivity index (χ0n) is 9.02. The van der Waals surface area contributed by atoms with E-state index in [4.69, 9.17) is 10.4 Å². The fraction of sp³-hybridized carbons (Fsp3) is 0.273. The third-order valence-electron chi connectivity index (χ3n) is 2.46. The van der Waals surface area contributed by atoms with E-state index in [-0.39, 0.29) is 0 Å². The summed E-state index contributed by atoms with van der Waals surface area (Å²) in [7, 11) is 0. The van der Waals surface area contributed by atoms with Crippen LogP contribution in [-0.4, -0.2) is 22.8 Å². The second-order valence-corrected chi connectivity index (χ2v) is 3.45. The van der Waals surface area contributed by atoms with Gasteiger partial charge in [0.25, 0.3) is 0 Å². The first-order valence-corrected chi connectivity index (χ1v) is 4.57. The van der Waals surface area contributed by atoms with Crippen molar-refractivity contribution in [3.63, 3.8) is 0 Å². The van der Waals surface area contributed by atoms with Crippen LogP contribution >= 0.6 is 0 Å². The lowest BCUT2D eigenvalue weighted by Gasteiger charge is -2.10. The van der Waals surface area contributed by atoms with Gasteiger partial charge in [-0.3, -0.25) is 0 Å². The first-order chi connectivity index (χ1) is 7.11. The minimum atomic E-state index is 0.845. The van der Waals surface area contributed by atoms with Gasteiger partial charge >= 0.3 is 0 Å². The van der Waals surface area contributed by atoms with Crippen LogP contribution in [0.25, 0.3) is 0 Å². The highest BCUT2D eigenvalue weighted by molar-refractivity contribution is 5.91. The Labute approximate surface area is 88.5 Å². The summed E-state index contributed by atoms with van der Waals surface area (Å²) in [4.78, 5) is 0. The van der Waals surface area contributed by atoms with Crippen molar-refractivity contribution in [1.82, 2.24) is 0 Å². The molecule has 0 amide bonds. The number of rotatable bonds is 2. The smallest absolute Gasteiger partial charge is 0.0739 e. The maximum absolute atomic E-state index is 8.55. The van der Waals surface area contributed by atoms with Gasteiger partial charge in [0.1, 0.15) is 0 Å². The fourth-order valence-corrected chi connectivity index (χ4v) is 1.73. The normalized spacial score (nSPS) is 11.7. The van der Waals surface area contributed by atoms with Gasteiger partial charge in [-0.2, -0.15) is 0 Å². The second-order valence-electron chi connectivity index (χ2n) is 3.45. The van der Waals surface area contributed by atoms with Gasteiger partial charge < -0.3 is 10.4 Å². The molecule has 4 nitrogen and oxygen atoms in total. The van der Waals surface area contributed by atoms with Crippen LogP contribution in [0.5, 0.6) is 0 Å². The molecule has 2 N–H and O–H groups in total. The van der Waals surface area contributed by atoms with Crippen molar-refractivity contribution >= 4 is 12.4 Å². The Morgan fingerprint density at radius 2 is 1.33 bits per heavy atom. The molecule has 1 rings (SSSR count). The largest absolute Gasteiger partial charge is 0.411 e. The zero-order chi connectivity index (χ0) is 11.4. The van der Waals surface area contributed by atoms with E-state index in [2.05, 4.69) is 10.3 Å². The maximum Gasteiger partial charge on any atom is 0.0739 e. The molecular formula is C11H14N2O2. The summed E-state index contributed by atoms with van der Waals surface area (Å²) in [6.07, 6.45) is 2.78. The first kappa shape index (κ1) is 11.2. The highest BCUT2D eigenvalue weighted by Crippen LogP contribution is 2.19. The highest BCUT2D eigenvalue weighted by atomic mass is 16.4. The van der Waals surface area contributed by atoms with Gasteiger partial charge in [-0.05, 0) is 37.5 Å². The Bertz CT molecular complexity index is 387. The molecule has 0 spiro atoms. The van der Waals surface area contributed by atoms with Gasteiger partial charge in [0.05, 0.1) is 12.4 Å². The molecule has 4 heteroatoms. The Morgan fingerprint density at radius 1 is 0.933 bits per heavy atom. The van der Waals surface area contributed by atoms with Gasteiger partial charge in [-0.1, -0.05) is 16.4 Å². The predicted molar refractivity (Wildman–Crippen MR) is 59.4 cm³/mol. The third kappa shape index (κ3) is 2.15. The van der Waals surface area contributed by atoms with E-state index in [9.17, 15) is 0 Å². The average molecular weight is 206 g/mol. The summed E-state index contributed by atoms with van der Waals surface area (Å²) in [6.45, 7) is 5.78. The number of aryl methyl sites for hydroxylation is 2. The molecule has 1 aromatic rings. The van der Waals surface area contributed by atoms with E-state index in [1.807, 2.05) is 26.8 Å². The lowest BCUT2D eigenvalue weighted by atomic mass is 9.94. The number of benzene rings is 1. The monoisotopic (exact) mass is 206 g/mol.